The number of H-pyrrole nitrogens is 2. The van der Waals surface area contributed by atoms with Crippen molar-refractivity contribution in [1.82, 2.24) is 30.2 Å². The van der Waals surface area contributed by atoms with Crippen LogP contribution < -0.4 is 10.2 Å². The number of halogens is 2. The molecule has 1 amide bonds. The molecule has 0 unspecified atom stereocenters. The van der Waals surface area contributed by atoms with Crippen molar-refractivity contribution in [2.24, 2.45) is 5.92 Å². The highest BCUT2D eigenvalue weighted by Crippen LogP contribution is 2.27. The van der Waals surface area contributed by atoms with E-state index in [2.05, 4.69) is 35.1 Å². The third-order valence-electron chi connectivity index (χ3n) is 5.83. The van der Waals surface area contributed by atoms with Gasteiger partial charge in [0.1, 0.15) is 5.52 Å². The minimum Gasteiger partial charge on any atom is -0.361 e. The molecule has 0 bridgehead atoms. The van der Waals surface area contributed by atoms with E-state index in [1.165, 1.54) is 0 Å². The number of hydrogen-bond acceptors (Lipinski definition) is 5. The fourth-order valence-corrected chi connectivity index (χ4v) is 4.53. The number of aromatic nitrogens is 5. The summed E-state index contributed by atoms with van der Waals surface area (Å²) >= 11 is 12.2. The molecule has 160 valence electrons. The van der Waals surface area contributed by atoms with Crippen LogP contribution in [0.5, 0.6) is 0 Å². The summed E-state index contributed by atoms with van der Waals surface area (Å²) in [5.41, 5.74) is 3.52. The molecule has 0 spiro atoms. The Morgan fingerprint density at radius 2 is 2.03 bits per heavy atom. The number of carbonyl (C=O) groups is 1. The van der Waals surface area contributed by atoms with E-state index >= 15 is 0 Å². The number of anilines is 1. The molecule has 1 aromatic carbocycles. The Morgan fingerprint density at radius 1 is 1.19 bits per heavy atom. The maximum atomic E-state index is 12.7. The SMILES string of the molecule is O=C(NCCc1c[nH]c2ccc(Cl)cc12)C1CCN(c2nc(Cl)nc3nc[nH]c23)CC1. The molecule has 0 aliphatic carbocycles. The first-order valence-corrected chi connectivity index (χ1v) is 11.0. The predicted octanol–water partition coefficient (Wildman–Crippen LogP) is 3.72. The minimum atomic E-state index is -0.0109. The Hall–Kier alpha value is -2.84. The number of amides is 1. The number of hydrogen-bond donors (Lipinski definition) is 3. The maximum Gasteiger partial charge on any atom is 0.226 e. The van der Waals surface area contributed by atoms with Crippen LogP contribution in [0, 0.1) is 5.92 Å². The first kappa shape index (κ1) is 20.1. The highest BCUT2D eigenvalue weighted by molar-refractivity contribution is 6.31. The van der Waals surface area contributed by atoms with E-state index in [0.29, 0.717) is 17.2 Å². The second-order valence-corrected chi connectivity index (χ2v) is 8.50. The van der Waals surface area contributed by atoms with Crippen LogP contribution in [0.3, 0.4) is 0 Å². The first-order chi connectivity index (χ1) is 15.1. The molecular formula is C21H21Cl2N7O. The van der Waals surface area contributed by atoms with Crippen LogP contribution in [0.2, 0.25) is 10.3 Å². The standard InChI is InChI=1S/C21H21Cl2N7O/c22-14-1-2-16-15(9-14)13(10-25-16)3-6-24-20(31)12-4-7-30(8-5-12)19-17-18(27-11-26-17)28-21(23)29-19/h1-2,9-12,25H,3-8H2,(H,24,31)(H,26,27,28,29). The molecule has 4 aromatic rings. The highest BCUT2D eigenvalue weighted by Gasteiger charge is 2.27. The quantitative estimate of drug-likeness (QED) is 0.396. The predicted molar refractivity (Wildman–Crippen MR) is 122 cm³/mol. The van der Waals surface area contributed by atoms with Gasteiger partial charge >= 0.3 is 0 Å². The average Bonchev–Trinajstić information content (AvgIpc) is 3.40. The molecule has 1 saturated heterocycles. The normalized spacial score (nSPS) is 15.1. The molecule has 5 rings (SSSR count). The number of fused-ring (bicyclic) bond motifs is 2. The summed E-state index contributed by atoms with van der Waals surface area (Å²) in [5, 5.41) is 5.08. The molecular weight excluding hydrogens is 437 g/mol. The number of benzene rings is 1. The lowest BCUT2D eigenvalue weighted by atomic mass is 9.95. The van der Waals surface area contributed by atoms with Gasteiger partial charge in [-0.2, -0.15) is 9.97 Å². The summed E-state index contributed by atoms with van der Waals surface area (Å²) in [4.78, 5) is 33.8. The number of nitrogens with one attached hydrogen (secondary N) is 3. The second kappa shape index (κ2) is 8.36. The summed E-state index contributed by atoms with van der Waals surface area (Å²) < 4.78 is 0. The number of carbonyl (C=O) groups excluding carboxylic acids is 1. The van der Waals surface area contributed by atoms with E-state index in [4.69, 9.17) is 23.2 Å². The zero-order valence-electron chi connectivity index (χ0n) is 16.7. The average molecular weight is 458 g/mol. The summed E-state index contributed by atoms with van der Waals surface area (Å²) in [7, 11) is 0. The van der Waals surface area contributed by atoms with Gasteiger partial charge < -0.3 is 20.2 Å². The number of nitrogens with zero attached hydrogens (tertiary/aromatic N) is 4. The third-order valence-corrected chi connectivity index (χ3v) is 6.23. The van der Waals surface area contributed by atoms with E-state index < -0.39 is 0 Å². The summed E-state index contributed by atoms with van der Waals surface area (Å²) in [6.07, 6.45) is 5.83. The van der Waals surface area contributed by atoms with Crippen molar-refractivity contribution in [3.05, 3.63) is 46.6 Å². The zero-order chi connectivity index (χ0) is 21.4. The van der Waals surface area contributed by atoms with Gasteiger partial charge in [-0.05, 0) is 54.6 Å². The Balaban J connectivity index is 1.16. The van der Waals surface area contributed by atoms with Crippen molar-refractivity contribution >= 4 is 57.0 Å². The molecule has 8 nitrogen and oxygen atoms in total. The molecule has 1 aliphatic rings. The van der Waals surface area contributed by atoms with Crippen LogP contribution in [0.25, 0.3) is 22.1 Å². The van der Waals surface area contributed by atoms with Gasteiger partial charge in [0, 0.05) is 47.7 Å². The number of aromatic amines is 2. The Kier molecular flexibility index (Phi) is 5.41. The van der Waals surface area contributed by atoms with Crippen LogP contribution in [0.15, 0.2) is 30.7 Å². The lowest BCUT2D eigenvalue weighted by Crippen LogP contribution is -2.41. The van der Waals surface area contributed by atoms with Crippen LogP contribution in [-0.2, 0) is 11.2 Å². The van der Waals surface area contributed by atoms with Crippen LogP contribution >= 0.6 is 23.2 Å². The van der Waals surface area contributed by atoms with Gasteiger partial charge in [-0.3, -0.25) is 4.79 Å². The maximum absolute atomic E-state index is 12.7. The summed E-state index contributed by atoms with van der Waals surface area (Å²) in [6, 6.07) is 5.79. The van der Waals surface area contributed by atoms with Crippen LogP contribution in [0.1, 0.15) is 18.4 Å². The molecule has 4 heterocycles. The summed E-state index contributed by atoms with van der Waals surface area (Å²) in [5.74, 6) is 0.831. The summed E-state index contributed by atoms with van der Waals surface area (Å²) in [6.45, 7) is 2.04. The Labute approximate surface area is 188 Å². The van der Waals surface area contributed by atoms with E-state index in [9.17, 15) is 4.79 Å². The molecule has 0 saturated carbocycles. The smallest absolute Gasteiger partial charge is 0.226 e. The van der Waals surface area contributed by atoms with Gasteiger partial charge in [0.05, 0.1) is 6.33 Å². The van der Waals surface area contributed by atoms with Gasteiger partial charge in [-0.1, -0.05) is 11.6 Å². The topological polar surface area (TPSA) is 103 Å². The van der Waals surface area contributed by atoms with Gasteiger partial charge in [0.25, 0.3) is 0 Å². The van der Waals surface area contributed by atoms with E-state index in [1.807, 2.05) is 24.4 Å². The van der Waals surface area contributed by atoms with E-state index in [-0.39, 0.29) is 17.1 Å². The van der Waals surface area contributed by atoms with Crippen molar-refractivity contribution in [3.8, 4) is 0 Å². The van der Waals surface area contributed by atoms with Crippen molar-refractivity contribution < 1.29 is 4.79 Å². The van der Waals surface area contributed by atoms with E-state index in [1.54, 1.807) is 6.33 Å². The van der Waals surface area contributed by atoms with Crippen molar-refractivity contribution in [3.63, 3.8) is 0 Å². The highest BCUT2D eigenvalue weighted by atomic mass is 35.5. The molecule has 3 N–H and O–H groups in total. The second-order valence-electron chi connectivity index (χ2n) is 7.72. The molecule has 10 heteroatoms. The third kappa shape index (κ3) is 4.05. The fraction of sp³-hybridized carbons (Fsp3) is 0.333. The number of imidazole rings is 1. The lowest BCUT2D eigenvalue weighted by Gasteiger charge is -2.32. The minimum absolute atomic E-state index is 0.0109. The van der Waals surface area contributed by atoms with Gasteiger partial charge in [-0.25, -0.2) is 4.98 Å². The number of rotatable bonds is 5. The van der Waals surface area contributed by atoms with Crippen molar-refractivity contribution in [1.29, 1.82) is 0 Å². The van der Waals surface area contributed by atoms with Gasteiger partial charge in [0.15, 0.2) is 11.5 Å². The zero-order valence-corrected chi connectivity index (χ0v) is 18.2. The largest absolute Gasteiger partial charge is 0.361 e. The molecule has 0 radical (unpaired) electrons. The lowest BCUT2D eigenvalue weighted by molar-refractivity contribution is -0.125. The van der Waals surface area contributed by atoms with Crippen molar-refractivity contribution in [2.45, 2.75) is 19.3 Å². The molecule has 31 heavy (non-hydrogen) atoms. The monoisotopic (exact) mass is 457 g/mol. The fourth-order valence-electron chi connectivity index (χ4n) is 4.20. The van der Waals surface area contributed by atoms with Gasteiger partial charge in [0.2, 0.25) is 11.2 Å². The Bertz CT molecular complexity index is 1240. The van der Waals surface area contributed by atoms with Gasteiger partial charge in [-0.15, -0.1) is 0 Å². The molecule has 0 atom stereocenters. The van der Waals surface area contributed by atoms with Crippen LogP contribution in [-0.4, -0.2) is 50.5 Å². The molecule has 3 aromatic heterocycles. The van der Waals surface area contributed by atoms with Crippen molar-refractivity contribution in [2.75, 3.05) is 24.5 Å². The first-order valence-electron chi connectivity index (χ1n) is 10.2. The number of piperidine rings is 1. The molecule has 1 fully saturated rings. The van der Waals surface area contributed by atoms with Crippen LogP contribution in [0.4, 0.5) is 5.82 Å². The Morgan fingerprint density at radius 3 is 2.87 bits per heavy atom. The molecule has 1 aliphatic heterocycles. The van der Waals surface area contributed by atoms with E-state index in [0.717, 1.165) is 60.2 Å².